The van der Waals surface area contributed by atoms with Gasteiger partial charge in [0.15, 0.2) is 0 Å². The highest BCUT2D eigenvalue weighted by molar-refractivity contribution is 7.89. The van der Waals surface area contributed by atoms with Gasteiger partial charge in [-0.1, -0.05) is 13.8 Å². The zero-order valence-corrected chi connectivity index (χ0v) is 13.3. The molecule has 2 rings (SSSR count). The standard InChI is InChI=1S/C14H25N3O2S/c1-4-17-9-13(7-12(17)8-15)20(18,19)16-14-6-5-10(2)11(14)3/h7,9-11,14,16H,4-6,8,15H2,1-3H3. The lowest BCUT2D eigenvalue weighted by Crippen LogP contribution is -2.37. The zero-order chi connectivity index (χ0) is 14.9. The van der Waals surface area contributed by atoms with Crippen LogP contribution in [0, 0.1) is 11.8 Å². The summed E-state index contributed by atoms with van der Waals surface area (Å²) in [5.74, 6) is 0.953. The number of hydrogen-bond donors (Lipinski definition) is 2. The fourth-order valence-corrected chi connectivity index (χ4v) is 4.36. The molecule has 114 valence electrons. The number of nitrogens with two attached hydrogens (primary N) is 1. The lowest BCUT2D eigenvalue weighted by Gasteiger charge is -2.19. The molecule has 0 bridgehead atoms. The van der Waals surface area contributed by atoms with E-state index in [1.165, 1.54) is 0 Å². The largest absolute Gasteiger partial charge is 0.349 e. The van der Waals surface area contributed by atoms with Gasteiger partial charge in [-0.15, -0.1) is 0 Å². The third-order valence-corrected chi connectivity index (χ3v) is 6.05. The van der Waals surface area contributed by atoms with E-state index in [1.807, 2.05) is 11.5 Å². The average Bonchev–Trinajstić information content (AvgIpc) is 2.97. The van der Waals surface area contributed by atoms with Crippen LogP contribution in [0.2, 0.25) is 0 Å². The maximum absolute atomic E-state index is 12.5. The van der Waals surface area contributed by atoms with Crippen molar-refractivity contribution in [1.82, 2.24) is 9.29 Å². The molecule has 0 aromatic carbocycles. The van der Waals surface area contributed by atoms with Crippen LogP contribution < -0.4 is 10.5 Å². The number of nitrogens with one attached hydrogen (secondary N) is 1. The van der Waals surface area contributed by atoms with E-state index < -0.39 is 10.0 Å². The molecule has 1 aromatic heterocycles. The second-order valence-electron chi connectivity index (χ2n) is 5.80. The van der Waals surface area contributed by atoms with Crippen molar-refractivity contribution in [2.75, 3.05) is 0 Å². The van der Waals surface area contributed by atoms with Crippen LogP contribution in [0.1, 0.15) is 39.3 Å². The quantitative estimate of drug-likeness (QED) is 0.868. The average molecular weight is 299 g/mol. The number of nitrogens with zero attached hydrogens (tertiary/aromatic N) is 1. The van der Waals surface area contributed by atoms with E-state index in [0.29, 0.717) is 23.3 Å². The van der Waals surface area contributed by atoms with E-state index in [1.54, 1.807) is 12.3 Å². The molecule has 1 saturated carbocycles. The fraction of sp³-hybridized carbons (Fsp3) is 0.714. The van der Waals surface area contributed by atoms with Gasteiger partial charge in [0.2, 0.25) is 10.0 Å². The fourth-order valence-electron chi connectivity index (χ4n) is 2.94. The summed E-state index contributed by atoms with van der Waals surface area (Å²) in [6.45, 7) is 7.34. The summed E-state index contributed by atoms with van der Waals surface area (Å²) in [5.41, 5.74) is 6.50. The van der Waals surface area contributed by atoms with Crippen LogP contribution in [0.4, 0.5) is 0 Å². The van der Waals surface area contributed by atoms with Crippen molar-refractivity contribution in [1.29, 1.82) is 0 Å². The van der Waals surface area contributed by atoms with Crippen molar-refractivity contribution in [3.63, 3.8) is 0 Å². The first-order chi connectivity index (χ1) is 9.39. The highest BCUT2D eigenvalue weighted by Gasteiger charge is 2.33. The van der Waals surface area contributed by atoms with Crippen molar-refractivity contribution in [2.24, 2.45) is 17.6 Å². The molecule has 1 aromatic rings. The molecule has 1 fully saturated rings. The molecule has 3 unspecified atom stereocenters. The minimum Gasteiger partial charge on any atom is -0.349 e. The van der Waals surface area contributed by atoms with Crippen LogP contribution in [-0.4, -0.2) is 19.0 Å². The Morgan fingerprint density at radius 3 is 2.55 bits per heavy atom. The van der Waals surface area contributed by atoms with Gasteiger partial charge in [-0.2, -0.15) is 0 Å². The molecule has 1 aliphatic rings. The Morgan fingerprint density at radius 1 is 1.40 bits per heavy atom. The van der Waals surface area contributed by atoms with Crippen molar-refractivity contribution in [3.05, 3.63) is 18.0 Å². The summed E-state index contributed by atoms with van der Waals surface area (Å²) in [6, 6.07) is 1.72. The first kappa shape index (κ1) is 15.5. The number of hydrogen-bond acceptors (Lipinski definition) is 3. The van der Waals surface area contributed by atoms with E-state index in [4.69, 9.17) is 5.73 Å². The van der Waals surface area contributed by atoms with Gasteiger partial charge in [0.05, 0.1) is 4.90 Å². The highest BCUT2D eigenvalue weighted by atomic mass is 32.2. The summed E-state index contributed by atoms with van der Waals surface area (Å²) in [7, 11) is -3.45. The Kier molecular flexibility index (Phi) is 4.56. The molecule has 5 nitrogen and oxygen atoms in total. The van der Waals surface area contributed by atoms with Gasteiger partial charge < -0.3 is 10.3 Å². The Bertz CT molecular complexity index is 543. The third-order valence-electron chi connectivity index (χ3n) is 4.59. The first-order valence-electron chi connectivity index (χ1n) is 7.30. The minimum atomic E-state index is -3.45. The maximum atomic E-state index is 12.5. The number of aryl methyl sites for hydroxylation is 1. The number of rotatable bonds is 5. The van der Waals surface area contributed by atoms with Gasteiger partial charge in [0.25, 0.3) is 0 Å². The molecule has 6 heteroatoms. The van der Waals surface area contributed by atoms with Gasteiger partial charge >= 0.3 is 0 Å². The van der Waals surface area contributed by atoms with Gasteiger partial charge in [-0.05, 0) is 37.7 Å². The zero-order valence-electron chi connectivity index (χ0n) is 12.5. The van der Waals surface area contributed by atoms with Crippen molar-refractivity contribution in [2.45, 2.75) is 57.6 Å². The van der Waals surface area contributed by atoms with Gasteiger partial charge in [-0.3, -0.25) is 0 Å². The van der Waals surface area contributed by atoms with E-state index in [2.05, 4.69) is 18.6 Å². The van der Waals surface area contributed by atoms with Crippen LogP contribution in [0.25, 0.3) is 0 Å². The molecule has 0 amide bonds. The van der Waals surface area contributed by atoms with E-state index in [9.17, 15) is 8.42 Å². The van der Waals surface area contributed by atoms with Crippen LogP contribution in [0.5, 0.6) is 0 Å². The smallest absolute Gasteiger partial charge is 0.242 e. The van der Waals surface area contributed by atoms with Crippen LogP contribution in [0.15, 0.2) is 17.2 Å². The van der Waals surface area contributed by atoms with Crippen molar-refractivity contribution < 1.29 is 8.42 Å². The Labute approximate surface area is 121 Å². The Morgan fingerprint density at radius 2 is 2.10 bits per heavy atom. The molecule has 0 aliphatic heterocycles. The normalized spacial score (nSPS) is 27.1. The molecule has 3 N–H and O–H groups in total. The predicted molar refractivity (Wildman–Crippen MR) is 79.7 cm³/mol. The van der Waals surface area contributed by atoms with E-state index in [-0.39, 0.29) is 6.04 Å². The Hall–Kier alpha value is -0.850. The van der Waals surface area contributed by atoms with E-state index >= 15 is 0 Å². The van der Waals surface area contributed by atoms with Crippen molar-refractivity contribution >= 4 is 10.0 Å². The Balaban J connectivity index is 2.20. The molecule has 0 saturated heterocycles. The van der Waals surface area contributed by atoms with Crippen LogP contribution in [0.3, 0.4) is 0 Å². The summed E-state index contributed by atoms with van der Waals surface area (Å²) in [4.78, 5) is 0.326. The molecule has 0 spiro atoms. The topological polar surface area (TPSA) is 77.1 Å². The van der Waals surface area contributed by atoms with Gasteiger partial charge in [0, 0.05) is 31.0 Å². The molecule has 3 atom stereocenters. The minimum absolute atomic E-state index is 0.0429. The maximum Gasteiger partial charge on any atom is 0.242 e. The van der Waals surface area contributed by atoms with Gasteiger partial charge in [0.1, 0.15) is 0 Å². The summed E-state index contributed by atoms with van der Waals surface area (Å²) in [5, 5.41) is 0. The van der Waals surface area contributed by atoms with Gasteiger partial charge in [-0.25, -0.2) is 13.1 Å². The molecule has 20 heavy (non-hydrogen) atoms. The van der Waals surface area contributed by atoms with E-state index in [0.717, 1.165) is 25.1 Å². The SMILES string of the molecule is CCn1cc(S(=O)(=O)NC2CCC(C)C2C)cc1CN. The molecule has 1 heterocycles. The second kappa shape index (κ2) is 5.87. The van der Waals surface area contributed by atoms with Crippen molar-refractivity contribution in [3.8, 4) is 0 Å². The molecular weight excluding hydrogens is 274 g/mol. The van der Waals surface area contributed by atoms with Crippen LogP contribution in [-0.2, 0) is 23.1 Å². The first-order valence-corrected chi connectivity index (χ1v) is 8.78. The summed E-state index contributed by atoms with van der Waals surface area (Å²) < 4.78 is 29.7. The molecular formula is C14H25N3O2S. The monoisotopic (exact) mass is 299 g/mol. The predicted octanol–water partition coefficient (Wildman–Crippen LogP) is 1.68. The highest BCUT2D eigenvalue weighted by Crippen LogP contribution is 2.32. The second-order valence-corrected chi connectivity index (χ2v) is 7.51. The molecule has 1 aliphatic carbocycles. The van der Waals surface area contributed by atoms with Crippen LogP contribution >= 0.6 is 0 Å². The molecule has 0 radical (unpaired) electrons. The summed E-state index contributed by atoms with van der Waals surface area (Å²) in [6.07, 6.45) is 3.67. The number of sulfonamides is 1. The lowest BCUT2D eigenvalue weighted by atomic mass is 9.98. The lowest BCUT2D eigenvalue weighted by molar-refractivity contribution is 0.402. The third kappa shape index (κ3) is 2.92. The summed E-state index contributed by atoms with van der Waals surface area (Å²) >= 11 is 0. The number of aromatic nitrogens is 1.